The molecular weight excluding hydrogens is 304 g/mol. The zero-order valence-corrected chi connectivity index (χ0v) is 13.8. The normalized spacial score (nSPS) is 11.0. The zero-order valence-electron chi connectivity index (χ0n) is 13.8. The van der Waals surface area contributed by atoms with Crippen LogP contribution in [0.4, 0.5) is 5.69 Å². The van der Waals surface area contributed by atoms with Crippen LogP contribution in [0.1, 0.15) is 5.56 Å². The maximum absolute atomic E-state index is 5.44. The molecule has 0 saturated heterocycles. The van der Waals surface area contributed by atoms with Crippen molar-refractivity contribution in [3.05, 3.63) is 54.4 Å². The zero-order chi connectivity index (χ0) is 16.9. The van der Waals surface area contributed by atoms with Crippen molar-refractivity contribution < 1.29 is 14.2 Å². The number of hydrogen-bond donors (Lipinski definition) is 0. The largest absolute Gasteiger partial charge is 0.496 e. The highest BCUT2D eigenvalue weighted by Crippen LogP contribution is 2.33. The molecule has 0 aliphatic carbocycles. The van der Waals surface area contributed by atoms with E-state index in [9.17, 15) is 0 Å². The molecule has 0 spiro atoms. The number of ether oxygens (including phenoxy) is 3. The molecule has 0 saturated carbocycles. The van der Waals surface area contributed by atoms with E-state index in [1.165, 1.54) is 0 Å². The first-order valence-corrected chi connectivity index (χ1v) is 7.43. The Hall–Kier alpha value is -3.08. The molecule has 3 aromatic rings. The first-order valence-electron chi connectivity index (χ1n) is 7.43. The van der Waals surface area contributed by atoms with Gasteiger partial charge in [0, 0.05) is 41.5 Å². The SMILES string of the molecule is COc1cc(OC)c(C=Nc2cccc3cnccc23)c(OC)c1. The van der Waals surface area contributed by atoms with Gasteiger partial charge in [0.05, 0.1) is 32.6 Å². The van der Waals surface area contributed by atoms with E-state index in [1.807, 2.05) is 30.5 Å². The van der Waals surface area contributed by atoms with Gasteiger partial charge in [-0.05, 0) is 12.1 Å². The molecule has 0 unspecified atom stereocenters. The molecule has 5 nitrogen and oxygen atoms in total. The quantitative estimate of drug-likeness (QED) is 0.666. The van der Waals surface area contributed by atoms with Crippen LogP contribution in [0.3, 0.4) is 0 Å². The number of fused-ring (bicyclic) bond motifs is 1. The van der Waals surface area contributed by atoms with Gasteiger partial charge in [-0.1, -0.05) is 12.1 Å². The Kier molecular flexibility index (Phi) is 4.61. The molecule has 0 N–H and O–H groups in total. The van der Waals surface area contributed by atoms with E-state index in [0.29, 0.717) is 17.2 Å². The number of methoxy groups -OCH3 is 3. The maximum Gasteiger partial charge on any atom is 0.135 e. The Morgan fingerprint density at radius 3 is 2.38 bits per heavy atom. The van der Waals surface area contributed by atoms with E-state index in [2.05, 4.69) is 9.98 Å². The molecule has 1 aromatic heterocycles. The van der Waals surface area contributed by atoms with Gasteiger partial charge in [0.1, 0.15) is 17.2 Å². The van der Waals surface area contributed by atoms with Crippen LogP contribution in [0.5, 0.6) is 17.2 Å². The molecule has 122 valence electrons. The van der Waals surface area contributed by atoms with Gasteiger partial charge >= 0.3 is 0 Å². The Bertz CT molecular complexity index is 860. The minimum Gasteiger partial charge on any atom is -0.496 e. The summed E-state index contributed by atoms with van der Waals surface area (Å²) < 4.78 is 16.2. The molecule has 0 bridgehead atoms. The first-order chi connectivity index (χ1) is 11.8. The van der Waals surface area contributed by atoms with Gasteiger partial charge in [0.2, 0.25) is 0 Å². The molecule has 0 aliphatic heterocycles. The fraction of sp³-hybridized carbons (Fsp3) is 0.158. The van der Waals surface area contributed by atoms with Crippen LogP contribution >= 0.6 is 0 Å². The van der Waals surface area contributed by atoms with Crippen LogP contribution in [-0.4, -0.2) is 32.5 Å². The van der Waals surface area contributed by atoms with Crippen molar-refractivity contribution in [2.75, 3.05) is 21.3 Å². The molecule has 0 radical (unpaired) electrons. The molecule has 0 aliphatic rings. The molecule has 3 rings (SSSR count). The lowest BCUT2D eigenvalue weighted by Crippen LogP contribution is -1.97. The number of aromatic nitrogens is 1. The predicted molar refractivity (Wildman–Crippen MR) is 95.1 cm³/mol. The highest BCUT2D eigenvalue weighted by molar-refractivity contribution is 5.96. The monoisotopic (exact) mass is 322 g/mol. The van der Waals surface area contributed by atoms with E-state index in [4.69, 9.17) is 14.2 Å². The average Bonchev–Trinajstić information content (AvgIpc) is 2.65. The predicted octanol–water partition coefficient (Wildman–Crippen LogP) is 4.01. The third-order valence-electron chi connectivity index (χ3n) is 3.74. The Balaban J connectivity index is 2.08. The number of pyridine rings is 1. The fourth-order valence-corrected chi connectivity index (χ4v) is 2.51. The van der Waals surface area contributed by atoms with E-state index in [-0.39, 0.29) is 0 Å². The van der Waals surface area contributed by atoms with Crippen molar-refractivity contribution in [1.82, 2.24) is 4.98 Å². The summed E-state index contributed by atoms with van der Waals surface area (Å²) in [5.41, 5.74) is 1.61. The summed E-state index contributed by atoms with van der Waals surface area (Å²) in [5.74, 6) is 1.94. The van der Waals surface area contributed by atoms with Gasteiger partial charge in [-0.3, -0.25) is 9.98 Å². The summed E-state index contributed by atoms with van der Waals surface area (Å²) in [5, 5.41) is 2.08. The van der Waals surface area contributed by atoms with Crippen molar-refractivity contribution in [3.8, 4) is 17.2 Å². The molecule has 0 atom stereocenters. The Morgan fingerprint density at radius 2 is 1.71 bits per heavy atom. The number of benzene rings is 2. The van der Waals surface area contributed by atoms with Crippen LogP contribution in [0.15, 0.2) is 53.8 Å². The van der Waals surface area contributed by atoms with Crippen LogP contribution in [0.25, 0.3) is 10.8 Å². The molecule has 1 heterocycles. The summed E-state index contributed by atoms with van der Waals surface area (Å²) in [6.45, 7) is 0. The van der Waals surface area contributed by atoms with Crippen molar-refractivity contribution in [1.29, 1.82) is 0 Å². The Morgan fingerprint density at radius 1 is 0.958 bits per heavy atom. The van der Waals surface area contributed by atoms with Gasteiger partial charge in [0.15, 0.2) is 0 Å². The summed E-state index contributed by atoms with van der Waals surface area (Å²) in [4.78, 5) is 8.76. The van der Waals surface area contributed by atoms with E-state index >= 15 is 0 Å². The van der Waals surface area contributed by atoms with Crippen LogP contribution < -0.4 is 14.2 Å². The lowest BCUT2D eigenvalue weighted by Gasteiger charge is -2.12. The minimum atomic E-state index is 0.636. The van der Waals surface area contributed by atoms with E-state index < -0.39 is 0 Å². The number of nitrogens with zero attached hydrogens (tertiary/aromatic N) is 2. The van der Waals surface area contributed by atoms with Crippen LogP contribution in [0, 0.1) is 0 Å². The highest BCUT2D eigenvalue weighted by Gasteiger charge is 2.11. The summed E-state index contributed by atoms with van der Waals surface area (Å²) in [6.07, 6.45) is 5.32. The van der Waals surface area contributed by atoms with Crippen LogP contribution in [-0.2, 0) is 0 Å². The second-order valence-electron chi connectivity index (χ2n) is 5.08. The second-order valence-corrected chi connectivity index (χ2v) is 5.08. The molecular formula is C19H18N2O3. The van der Waals surface area contributed by atoms with Crippen molar-refractivity contribution in [3.63, 3.8) is 0 Å². The van der Waals surface area contributed by atoms with E-state index in [1.54, 1.807) is 45.9 Å². The summed E-state index contributed by atoms with van der Waals surface area (Å²) in [7, 11) is 4.82. The molecule has 5 heteroatoms. The highest BCUT2D eigenvalue weighted by atomic mass is 16.5. The van der Waals surface area contributed by atoms with Gasteiger partial charge in [-0.2, -0.15) is 0 Å². The van der Waals surface area contributed by atoms with Crippen molar-refractivity contribution in [2.45, 2.75) is 0 Å². The molecule has 0 amide bonds. The van der Waals surface area contributed by atoms with Gasteiger partial charge < -0.3 is 14.2 Å². The fourth-order valence-electron chi connectivity index (χ4n) is 2.51. The molecule has 0 fully saturated rings. The molecule has 2 aromatic carbocycles. The van der Waals surface area contributed by atoms with Gasteiger partial charge in [-0.25, -0.2) is 0 Å². The van der Waals surface area contributed by atoms with Crippen molar-refractivity contribution >= 4 is 22.7 Å². The number of hydrogen-bond acceptors (Lipinski definition) is 5. The third kappa shape index (κ3) is 3.01. The third-order valence-corrected chi connectivity index (χ3v) is 3.74. The lowest BCUT2D eigenvalue weighted by atomic mass is 10.1. The summed E-state index contributed by atoms with van der Waals surface area (Å²) in [6, 6.07) is 11.5. The Labute approximate surface area is 140 Å². The number of rotatable bonds is 5. The second kappa shape index (κ2) is 7.00. The lowest BCUT2D eigenvalue weighted by molar-refractivity contribution is 0.374. The van der Waals surface area contributed by atoms with E-state index in [0.717, 1.165) is 22.0 Å². The van der Waals surface area contributed by atoms with Crippen LogP contribution in [0.2, 0.25) is 0 Å². The summed E-state index contributed by atoms with van der Waals surface area (Å²) >= 11 is 0. The maximum atomic E-state index is 5.44. The topological polar surface area (TPSA) is 52.9 Å². The average molecular weight is 322 g/mol. The first kappa shape index (κ1) is 15.8. The number of aliphatic imine (C=N–C) groups is 1. The van der Waals surface area contributed by atoms with Gasteiger partial charge in [-0.15, -0.1) is 0 Å². The smallest absolute Gasteiger partial charge is 0.135 e. The standard InChI is InChI=1S/C19H18N2O3/c1-22-14-9-18(23-2)16(19(10-14)24-3)12-21-17-6-4-5-13-11-20-8-7-15(13)17/h4-12H,1-3H3. The van der Waals surface area contributed by atoms with Crippen molar-refractivity contribution in [2.24, 2.45) is 4.99 Å². The molecule has 24 heavy (non-hydrogen) atoms. The van der Waals surface area contributed by atoms with Gasteiger partial charge in [0.25, 0.3) is 0 Å². The minimum absolute atomic E-state index is 0.636.